The number of hydrogen-bond acceptors (Lipinski definition) is 3. The Labute approximate surface area is 129 Å². The Morgan fingerprint density at radius 2 is 1.79 bits per heavy atom. The number of nitrogens with two attached hydrogens (primary N) is 1. The SMILES string of the molecule is COc1ccc(Nc2ccc(Br)c(Cl)c2Cl)c(N)c1. The van der Waals surface area contributed by atoms with E-state index in [1.54, 1.807) is 13.2 Å². The third-order valence-electron chi connectivity index (χ3n) is 2.56. The molecule has 0 spiro atoms. The van der Waals surface area contributed by atoms with E-state index in [1.807, 2.05) is 24.3 Å². The molecule has 0 aromatic heterocycles. The molecule has 6 heteroatoms. The van der Waals surface area contributed by atoms with Crippen molar-refractivity contribution >= 4 is 56.2 Å². The molecular formula is C13H11BrCl2N2O. The lowest BCUT2D eigenvalue weighted by Gasteiger charge is -2.13. The summed E-state index contributed by atoms with van der Waals surface area (Å²) >= 11 is 15.5. The molecule has 2 aromatic carbocycles. The van der Waals surface area contributed by atoms with Gasteiger partial charge in [0, 0.05) is 10.5 Å². The zero-order valence-electron chi connectivity index (χ0n) is 10.0. The molecule has 0 unspecified atom stereocenters. The molecule has 3 N–H and O–H groups in total. The normalized spacial score (nSPS) is 10.3. The summed E-state index contributed by atoms with van der Waals surface area (Å²) in [6.07, 6.45) is 0. The van der Waals surface area contributed by atoms with E-state index >= 15 is 0 Å². The molecule has 0 saturated heterocycles. The van der Waals surface area contributed by atoms with Crippen molar-refractivity contribution in [2.75, 3.05) is 18.2 Å². The highest BCUT2D eigenvalue weighted by Gasteiger charge is 2.10. The second-order valence-corrected chi connectivity index (χ2v) is 5.41. The van der Waals surface area contributed by atoms with Gasteiger partial charge in [-0.15, -0.1) is 0 Å². The van der Waals surface area contributed by atoms with Crippen LogP contribution in [0.3, 0.4) is 0 Å². The van der Waals surface area contributed by atoms with Gasteiger partial charge in [-0.2, -0.15) is 0 Å². The fourth-order valence-corrected chi connectivity index (χ4v) is 2.37. The second kappa shape index (κ2) is 5.90. The van der Waals surface area contributed by atoms with Crippen LogP contribution in [0, 0.1) is 0 Å². The molecular weight excluding hydrogens is 351 g/mol. The molecule has 0 saturated carbocycles. The molecule has 19 heavy (non-hydrogen) atoms. The van der Waals surface area contributed by atoms with Gasteiger partial charge in [-0.1, -0.05) is 23.2 Å². The third-order valence-corrected chi connectivity index (χ3v) is 4.33. The zero-order chi connectivity index (χ0) is 14.0. The summed E-state index contributed by atoms with van der Waals surface area (Å²) in [5.74, 6) is 0.697. The number of hydrogen-bond donors (Lipinski definition) is 2. The second-order valence-electron chi connectivity index (χ2n) is 3.80. The minimum absolute atomic E-state index is 0.436. The van der Waals surface area contributed by atoms with Crippen LogP contribution in [0.2, 0.25) is 10.0 Å². The number of anilines is 3. The van der Waals surface area contributed by atoms with E-state index in [2.05, 4.69) is 21.2 Å². The Bertz CT molecular complexity index is 620. The first kappa shape index (κ1) is 14.3. The lowest BCUT2D eigenvalue weighted by Crippen LogP contribution is -1.98. The molecule has 100 valence electrons. The lowest BCUT2D eigenvalue weighted by atomic mass is 10.2. The van der Waals surface area contributed by atoms with Gasteiger partial charge in [0.05, 0.1) is 34.2 Å². The highest BCUT2D eigenvalue weighted by Crippen LogP contribution is 2.38. The van der Waals surface area contributed by atoms with Crippen molar-refractivity contribution < 1.29 is 4.74 Å². The average molecular weight is 362 g/mol. The molecule has 0 amide bonds. The summed E-state index contributed by atoms with van der Waals surface area (Å²) in [6.45, 7) is 0. The maximum atomic E-state index is 6.17. The zero-order valence-corrected chi connectivity index (χ0v) is 13.1. The van der Waals surface area contributed by atoms with Gasteiger partial charge in [0.2, 0.25) is 0 Å². The molecule has 0 heterocycles. The summed E-state index contributed by atoms with van der Waals surface area (Å²) in [5, 5.41) is 4.04. The van der Waals surface area contributed by atoms with Gasteiger partial charge in [0.1, 0.15) is 5.75 Å². The Kier molecular flexibility index (Phi) is 4.45. The minimum Gasteiger partial charge on any atom is -0.497 e. The molecule has 0 aliphatic carbocycles. The summed E-state index contributed by atoms with van der Waals surface area (Å²) in [4.78, 5) is 0. The summed E-state index contributed by atoms with van der Waals surface area (Å²) in [5.41, 5.74) is 7.92. The van der Waals surface area contributed by atoms with E-state index < -0.39 is 0 Å². The standard InChI is InChI=1S/C13H11BrCl2N2O/c1-19-7-2-4-10(9(17)6-7)18-11-5-3-8(14)12(15)13(11)16/h2-6,18H,17H2,1H3. The van der Waals surface area contributed by atoms with Crippen molar-refractivity contribution in [2.45, 2.75) is 0 Å². The first-order valence-corrected chi connectivity index (χ1v) is 6.92. The molecule has 2 rings (SSSR count). The fourth-order valence-electron chi connectivity index (χ4n) is 1.55. The van der Waals surface area contributed by atoms with Crippen LogP contribution in [0.1, 0.15) is 0 Å². The first-order valence-electron chi connectivity index (χ1n) is 5.37. The van der Waals surface area contributed by atoms with Crippen LogP contribution in [0.5, 0.6) is 5.75 Å². The number of halogens is 3. The smallest absolute Gasteiger partial charge is 0.121 e. The van der Waals surface area contributed by atoms with Gasteiger partial charge in [0.25, 0.3) is 0 Å². The van der Waals surface area contributed by atoms with Gasteiger partial charge in [-0.05, 0) is 40.2 Å². The molecule has 2 aromatic rings. The van der Waals surface area contributed by atoms with Crippen LogP contribution in [-0.2, 0) is 0 Å². The average Bonchev–Trinajstić information content (AvgIpc) is 2.41. The van der Waals surface area contributed by atoms with Gasteiger partial charge < -0.3 is 15.8 Å². The number of benzene rings is 2. The molecule has 0 bridgehead atoms. The van der Waals surface area contributed by atoms with Crippen molar-refractivity contribution in [1.82, 2.24) is 0 Å². The van der Waals surface area contributed by atoms with Crippen LogP contribution in [0.15, 0.2) is 34.8 Å². The Morgan fingerprint density at radius 1 is 1.11 bits per heavy atom. The van der Waals surface area contributed by atoms with E-state index in [9.17, 15) is 0 Å². The van der Waals surface area contributed by atoms with Gasteiger partial charge in [-0.3, -0.25) is 0 Å². The van der Waals surface area contributed by atoms with Crippen LogP contribution in [0.4, 0.5) is 17.1 Å². The van der Waals surface area contributed by atoms with E-state index in [-0.39, 0.29) is 0 Å². The van der Waals surface area contributed by atoms with Crippen molar-refractivity contribution in [2.24, 2.45) is 0 Å². The van der Waals surface area contributed by atoms with E-state index in [0.717, 1.165) is 10.2 Å². The molecule has 3 nitrogen and oxygen atoms in total. The first-order chi connectivity index (χ1) is 9.02. The van der Waals surface area contributed by atoms with Gasteiger partial charge in [-0.25, -0.2) is 0 Å². The van der Waals surface area contributed by atoms with Crippen LogP contribution < -0.4 is 15.8 Å². The van der Waals surface area contributed by atoms with Crippen LogP contribution >= 0.6 is 39.1 Å². The lowest BCUT2D eigenvalue weighted by molar-refractivity contribution is 0.415. The number of rotatable bonds is 3. The van der Waals surface area contributed by atoms with E-state index in [1.165, 1.54) is 0 Å². The van der Waals surface area contributed by atoms with Crippen molar-refractivity contribution in [3.05, 3.63) is 44.8 Å². The molecule has 0 aliphatic rings. The molecule has 0 atom stereocenters. The molecule has 0 fully saturated rings. The number of methoxy groups -OCH3 is 1. The van der Waals surface area contributed by atoms with Crippen LogP contribution in [-0.4, -0.2) is 7.11 Å². The van der Waals surface area contributed by atoms with Gasteiger partial charge in [0.15, 0.2) is 0 Å². The fraction of sp³-hybridized carbons (Fsp3) is 0.0769. The summed E-state index contributed by atoms with van der Waals surface area (Å²) in [7, 11) is 1.59. The summed E-state index contributed by atoms with van der Waals surface area (Å²) < 4.78 is 5.84. The molecule has 0 radical (unpaired) electrons. The highest BCUT2D eigenvalue weighted by molar-refractivity contribution is 9.10. The Morgan fingerprint density at radius 3 is 2.42 bits per heavy atom. The predicted octanol–water partition coefficient (Wildman–Crippen LogP) is 5.09. The number of nitrogen functional groups attached to an aromatic ring is 1. The van der Waals surface area contributed by atoms with Crippen LogP contribution in [0.25, 0.3) is 0 Å². The van der Waals surface area contributed by atoms with Crippen molar-refractivity contribution in [3.63, 3.8) is 0 Å². The predicted molar refractivity (Wildman–Crippen MR) is 84.9 cm³/mol. The van der Waals surface area contributed by atoms with Gasteiger partial charge >= 0.3 is 0 Å². The minimum atomic E-state index is 0.436. The Balaban J connectivity index is 2.34. The monoisotopic (exact) mass is 360 g/mol. The van der Waals surface area contributed by atoms with E-state index in [4.69, 9.17) is 33.7 Å². The Hall–Kier alpha value is -1.10. The largest absolute Gasteiger partial charge is 0.497 e. The molecule has 0 aliphatic heterocycles. The van der Waals surface area contributed by atoms with Crippen molar-refractivity contribution in [1.29, 1.82) is 0 Å². The number of ether oxygens (including phenoxy) is 1. The topological polar surface area (TPSA) is 47.3 Å². The highest BCUT2D eigenvalue weighted by atomic mass is 79.9. The van der Waals surface area contributed by atoms with Crippen molar-refractivity contribution in [3.8, 4) is 5.75 Å². The third kappa shape index (κ3) is 3.08. The summed E-state index contributed by atoms with van der Waals surface area (Å²) in [6, 6.07) is 9.00. The maximum absolute atomic E-state index is 6.17. The quantitative estimate of drug-likeness (QED) is 0.591. The van der Waals surface area contributed by atoms with E-state index in [0.29, 0.717) is 27.2 Å². The number of nitrogens with one attached hydrogen (secondary N) is 1. The maximum Gasteiger partial charge on any atom is 0.121 e.